The summed E-state index contributed by atoms with van der Waals surface area (Å²) in [6.07, 6.45) is 8.78. The average Bonchev–Trinajstić information content (AvgIpc) is 3.04. The maximum Gasteiger partial charge on any atom is 0.0956 e. The Morgan fingerprint density at radius 1 is 1.50 bits per heavy atom. The smallest absolute Gasteiger partial charge is 0.0956 e. The zero-order valence-corrected chi connectivity index (χ0v) is 11.2. The Morgan fingerprint density at radius 2 is 2.28 bits per heavy atom. The van der Waals surface area contributed by atoms with Gasteiger partial charge in [-0.25, -0.2) is 0 Å². The quantitative estimate of drug-likeness (QED) is 0.811. The van der Waals surface area contributed by atoms with Crippen LogP contribution in [0.3, 0.4) is 0 Å². The molecule has 1 aliphatic rings. The highest BCUT2D eigenvalue weighted by Crippen LogP contribution is 2.31. The van der Waals surface area contributed by atoms with E-state index in [1.807, 2.05) is 10.7 Å². The van der Waals surface area contributed by atoms with Gasteiger partial charge < -0.3 is 9.84 Å². The van der Waals surface area contributed by atoms with Gasteiger partial charge in [-0.2, -0.15) is 5.10 Å². The molecule has 1 saturated carbocycles. The van der Waals surface area contributed by atoms with Crippen molar-refractivity contribution >= 4 is 0 Å². The summed E-state index contributed by atoms with van der Waals surface area (Å²) in [6, 6.07) is 1.91. The van der Waals surface area contributed by atoms with Gasteiger partial charge in [0.05, 0.1) is 24.9 Å². The highest BCUT2D eigenvalue weighted by atomic mass is 16.5. The molecule has 18 heavy (non-hydrogen) atoms. The number of rotatable bonds is 7. The van der Waals surface area contributed by atoms with E-state index in [1.54, 1.807) is 13.3 Å². The van der Waals surface area contributed by atoms with E-state index in [-0.39, 0.29) is 6.10 Å². The lowest BCUT2D eigenvalue weighted by Crippen LogP contribution is -2.13. The van der Waals surface area contributed by atoms with Gasteiger partial charge in [0.1, 0.15) is 0 Å². The number of nitrogens with zero attached hydrogens (tertiary/aromatic N) is 2. The minimum absolute atomic E-state index is 0.384. The second-order valence-corrected chi connectivity index (χ2v) is 5.22. The summed E-state index contributed by atoms with van der Waals surface area (Å²) >= 11 is 0. The van der Waals surface area contributed by atoms with Crippen molar-refractivity contribution in [3.05, 3.63) is 18.0 Å². The van der Waals surface area contributed by atoms with Gasteiger partial charge in [-0.1, -0.05) is 25.7 Å². The lowest BCUT2D eigenvalue weighted by Gasteiger charge is -2.15. The van der Waals surface area contributed by atoms with Crippen LogP contribution >= 0.6 is 0 Å². The van der Waals surface area contributed by atoms with Gasteiger partial charge >= 0.3 is 0 Å². The van der Waals surface area contributed by atoms with Crippen LogP contribution in [0.2, 0.25) is 0 Å². The van der Waals surface area contributed by atoms with Crippen molar-refractivity contribution in [1.29, 1.82) is 0 Å². The fraction of sp³-hybridized carbons (Fsp3) is 0.786. The molecule has 1 N–H and O–H groups in total. The maximum absolute atomic E-state index is 10.2. The summed E-state index contributed by atoms with van der Waals surface area (Å²) in [7, 11) is 1.68. The summed E-state index contributed by atoms with van der Waals surface area (Å²) in [6.45, 7) is 1.34. The molecule has 1 fully saturated rings. The van der Waals surface area contributed by atoms with Crippen molar-refractivity contribution in [2.45, 2.75) is 51.2 Å². The Balaban J connectivity index is 1.83. The summed E-state index contributed by atoms with van der Waals surface area (Å²) in [5.74, 6) is 0.829. The molecule has 1 aromatic rings. The first-order valence-electron chi connectivity index (χ1n) is 7.00. The molecule has 0 radical (unpaired) electrons. The van der Waals surface area contributed by atoms with Gasteiger partial charge in [0.25, 0.3) is 0 Å². The molecular weight excluding hydrogens is 228 g/mol. The topological polar surface area (TPSA) is 47.3 Å². The number of methoxy groups -OCH3 is 1. The first-order valence-corrected chi connectivity index (χ1v) is 7.00. The van der Waals surface area contributed by atoms with E-state index in [2.05, 4.69) is 5.10 Å². The van der Waals surface area contributed by atoms with E-state index >= 15 is 0 Å². The standard InChI is InChI=1S/C14H24N2O2/c1-18-11-10-16-13(8-9-15-16)14(17)7-6-12-4-2-3-5-12/h8-9,12,14,17H,2-7,10-11H2,1H3. The van der Waals surface area contributed by atoms with Crippen LogP contribution in [0.25, 0.3) is 0 Å². The fourth-order valence-corrected chi connectivity index (χ4v) is 2.83. The van der Waals surface area contributed by atoms with Crippen LogP contribution in [0.4, 0.5) is 0 Å². The molecular formula is C14H24N2O2. The SMILES string of the molecule is COCCn1nccc1C(O)CCC1CCCC1. The molecule has 0 amide bonds. The first kappa shape index (κ1) is 13.6. The largest absolute Gasteiger partial charge is 0.387 e. The summed E-state index contributed by atoms with van der Waals surface area (Å²) < 4.78 is 6.90. The molecule has 4 heteroatoms. The van der Waals surface area contributed by atoms with Crippen molar-refractivity contribution in [1.82, 2.24) is 9.78 Å². The van der Waals surface area contributed by atoms with E-state index in [1.165, 1.54) is 25.7 Å². The van der Waals surface area contributed by atoms with Crippen molar-refractivity contribution in [2.24, 2.45) is 5.92 Å². The molecule has 1 aliphatic carbocycles. The lowest BCUT2D eigenvalue weighted by molar-refractivity contribution is 0.138. The van der Waals surface area contributed by atoms with Crippen molar-refractivity contribution < 1.29 is 9.84 Å². The first-order chi connectivity index (χ1) is 8.81. The number of aliphatic hydroxyl groups is 1. The third-order valence-electron chi connectivity index (χ3n) is 3.92. The van der Waals surface area contributed by atoms with Crippen LogP contribution in [0.15, 0.2) is 12.3 Å². The predicted octanol–water partition coefficient (Wildman–Crippen LogP) is 2.53. The Hall–Kier alpha value is -0.870. The van der Waals surface area contributed by atoms with Crippen LogP contribution in [-0.2, 0) is 11.3 Å². The normalized spacial score (nSPS) is 18.3. The van der Waals surface area contributed by atoms with Gasteiger partial charge in [-0.3, -0.25) is 4.68 Å². The average molecular weight is 252 g/mol. The van der Waals surface area contributed by atoms with Gasteiger partial charge in [0.15, 0.2) is 0 Å². The van der Waals surface area contributed by atoms with Gasteiger partial charge in [0, 0.05) is 13.3 Å². The van der Waals surface area contributed by atoms with Crippen molar-refractivity contribution in [2.75, 3.05) is 13.7 Å². The molecule has 1 aromatic heterocycles. The summed E-state index contributed by atoms with van der Waals surface area (Å²) in [5.41, 5.74) is 0.921. The minimum atomic E-state index is -0.384. The number of aliphatic hydroxyl groups excluding tert-OH is 1. The minimum Gasteiger partial charge on any atom is -0.387 e. The summed E-state index contributed by atoms with van der Waals surface area (Å²) in [5, 5.41) is 14.5. The van der Waals surface area contributed by atoms with Gasteiger partial charge in [-0.15, -0.1) is 0 Å². The van der Waals surface area contributed by atoms with Crippen LogP contribution in [0.5, 0.6) is 0 Å². The summed E-state index contributed by atoms with van der Waals surface area (Å²) in [4.78, 5) is 0. The molecule has 1 unspecified atom stereocenters. The monoisotopic (exact) mass is 252 g/mol. The predicted molar refractivity (Wildman–Crippen MR) is 70.3 cm³/mol. The molecule has 0 aliphatic heterocycles. The van der Waals surface area contributed by atoms with Crippen LogP contribution in [0, 0.1) is 5.92 Å². The van der Waals surface area contributed by atoms with Crippen LogP contribution < -0.4 is 0 Å². The maximum atomic E-state index is 10.2. The van der Waals surface area contributed by atoms with E-state index in [0.717, 1.165) is 24.5 Å². The van der Waals surface area contributed by atoms with E-state index in [4.69, 9.17) is 4.74 Å². The highest BCUT2D eigenvalue weighted by Gasteiger charge is 2.18. The number of hydrogen-bond donors (Lipinski definition) is 1. The Labute approximate surface area is 109 Å². The van der Waals surface area contributed by atoms with Crippen molar-refractivity contribution in [3.8, 4) is 0 Å². The molecule has 1 atom stereocenters. The molecule has 102 valence electrons. The number of hydrogen-bond acceptors (Lipinski definition) is 3. The third-order valence-corrected chi connectivity index (χ3v) is 3.92. The van der Waals surface area contributed by atoms with Crippen LogP contribution in [0.1, 0.15) is 50.3 Å². The van der Waals surface area contributed by atoms with E-state index in [9.17, 15) is 5.11 Å². The zero-order chi connectivity index (χ0) is 12.8. The zero-order valence-electron chi connectivity index (χ0n) is 11.2. The van der Waals surface area contributed by atoms with Crippen LogP contribution in [-0.4, -0.2) is 28.6 Å². The second kappa shape index (κ2) is 6.90. The Morgan fingerprint density at radius 3 is 3.00 bits per heavy atom. The molecule has 4 nitrogen and oxygen atoms in total. The van der Waals surface area contributed by atoms with Crippen molar-refractivity contribution in [3.63, 3.8) is 0 Å². The van der Waals surface area contributed by atoms with Gasteiger partial charge in [0.2, 0.25) is 0 Å². The second-order valence-electron chi connectivity index (χ2n) is 5.22. The molecule has 1 heterocycles. The van der Waals surface area contributed by atoms with E-state index in [0.29, 0.717) is 13.2 Å². The fourth-order valence-electron chi connectivity index (χ4n) is 2.83. The Kier molecular flexibility index (Phi) is 5.20. The molecule has 0 aromatic carbocycles. The molecule has 0 spiro atoms. The lowest BCUT2D eigenvalue weighted by atomic mass is 9.98. The Bertz CT molecular complexity index is 345. The third kappa shape index (κ3) is 3.56. The number of aromatic nitrogens is 2. The molecule has 0 saturated heterocycles. The van der Waals surface area contributed by atoms with Gasteiger partial charge in [-0.05, 0) is 24.8 Å². The molecule has 0 bridgehead atoms. The van der Waals surface area contributed by atoms with E-state index < -0.39 is 0 Å². The highest BCUT2D eigenvalue weighted by molar-refractivity contribution is 5.04. The molecule has 2 rings (SSSR count). The number of ether oxygens (including phenoxy) is 1.